The first-order chi connectivity index (χ1) is 13.4. The highest BCUT2D eigenvalue weighted by atomic mass is 35.5. The Morgan fingerprint density at radius 1 is 1.18 bits per heavy atom. The number of carbonyl (C=O) groups excluding carboxylic acids is 1. The lowest BCUT2D eigenvalue weighted by Gasteiger charge is -2.13. The third kappa shape index (κ3) is 3.95. The van der Waals surface area contributed by atoms with Crippen LogP contribution in [0.1, 0.15) is 10.5 Å². The Hall–Kier alpha value is -3.03. The molecule has 2 aromatic carbocycles. The molecule has 144 valence electrons. The van der Waals surface area contributed by atoms with E-state index in [1.165, 1.54) is 25.3 Å². The number of nitrogen functional groups attached to an aromatic ring is 1. The fraction of sp³-hybridized carbons (Fsp3) is 0.0526. The number of pyridine rings is 1. The monoisotopic (exact) mass is 421 g/mol. The molecule has 1 aromatic heterocycles. The highest BCUT2D eigenvalue weighted by Gasteiger charge is 2.21. The van der Waals surface area contributed by atoms with Crippen molar-refractivity contribution in [1.29, 1.82) is 0 Å². The number of hydrogen-bond acceptors (Lipinski definition) is 5. The fourth-order valence-corrected chi connectivity index (χ4v) is 2.80. The van der Waals surface area contributed by atoms with E-state index in [1.54, 1.807) is 30.3 Å². The lowest BCUT2D eigenvalue weighted by molar-refractivity contribution is 0.0755. The van der Waals surface area contributed by atoms with Crippen LogP contribution in [0, 0.1) is 5.82 Å². The number of methoxy groups -OCH3 is 1. The summed E-state index contributed by atoms with van der Waals surface area (Å²) in [6.07, 6.45) is 0. The molecular weight excluding hydrogens is 408 g/mol. The number of para-hydroxylation sites is 1. The first kappa shape index (κ1) is 19.7. The van der Waals surface area contributed by atoms with E-state index in [2.05, 4.69) is 10.5 Å². The van der Waals surface area contributed by atoms with Crippen LogP contribution in [-0.4, -0.2) is 18.0 Å². The summed E-state index contributed by atoms with van der Waals surface area (Å²) >= 11 is 12.0. The molecule has 1 amide bonds. The third-order valence-corrected chi connectivity index (χ3v) is 4.43. The molecule has 0 spiro atoms. The van der Waals surface area contributed by atoms with E-state index >= 15 is 0 Å². The third-order valence-electron chi connectivity index (χ3n) is 3.73. The van der Waals surface area contributed by atoms with E-state index in [0.29, 0.717) is 5.75 Å². The Balaban J connectivity index is 1.96. The van der Waals surface area contributed by atoms with Crippen LogP contribution in [0.2, 0.25) is 10.0 Å². The van der Waals surface area contributed by atoms with Crippen LogP contribution < -0.4 is 20.8 Å². The second-order valence-corrected chi connectivity index (χ2v) is 6.33. The molecule has 0 saturated carbocycles. The lowest BCUT2D eigenvalue weighted by Crippen LogP contribution is -2.28. The number of anilines is 1. The summed E-state index contributed by atoms with van der Waals surface area (Å²) in [5.74, 6) is -1.22. The zero-order valence-electron chi connectivity index (χ0n) is 14.5. The van der Waals surface area contributed by atoms with E-state index in [1.807, 2.05) is 0 Å². The van der Waals surface area contributed by atoms with Crippen LogP contribution in [0.15, 0.2) is 48.5 Å². The SMILES string of the molecule is COc1c(Cl)ccc(-c2cc(N)c(Cl)c(C(=O)NOc3ccccc3)n2)c1F. The maximum Gasteiger partial charge on any atom is 0.304 e. The van der Waals surface area contributed by atoms with Gasteiger partial charge in [0, 0.05) is 5.56 Å². The van der Waals surface area contributed by atoms with Crippen molar-refractivity contribution in [3.05, 3.63) is 70.1 Å². The molecule has 0 radical (unpaired) electrons. The average Bonchev–Trinajstić information content (AvgIpc) is 2.69. The van der Waals surface area contributed by atoms with E-state index in [4.69, 9.17) is 38.5 Å². The number of ether oxygens (including phenoxy) is 1. The molecule has 0 saturated heterocycles. The van der Waals surface area contributed by atoms with Crippen molar-refractivity contribution in [1.82, 2.24) is 10.5 Å². The molecule has 3 N–H and O–H groups in total. The van der Waals surface area contributed by atoms with Gasteiger partial charge in [-0.1, -0.05) is 41.4 Å². The minimum Gasteiger partial charge on any atom is -0.492 e. The topological polar surface area (TPSA) is 86.5 Å². The molecule has 28 heavy (non-hydrogen) atoms. The summed E-state index contributed by atoms with van der Waals surface area (Å²) in [6, 6.07) is 12.8. The van der Waals surface area contributed by atoms with Gasteiger partial charge in [-0.2, -0.15) is 5.48 Å². The zero-order valence-corrected chi connectivity index (χ0v) is 16.0. The minimum absolute atomic E-state index is 0.0441. The van der Waals surface area contributed by atoms with Gasteiger partial charge < -0.3 is 15.3 Å². The molecular formula is C19H14Cl2FN3O3. The average molecular weight is 422 g/mol. The molecule has 3 aromatic rings. The first-order valence-corrected chi connectivity index (χ1v) is 8.68. The fourth-order valence-electron chi connectivity index (χ4n) is 2.40. The number of nitrogens with one attached hydrogen (secondary N) is 1. The van der Waals surface area contributed by atoms with Crippen molar-refractivity contribution in [2.75, 3.05) is 12.8 Å². The van der Waals surface area contributed by atoms with E-state index in [0.717, 1.165) is 0 Å². The number of benzene rings is 2. The lowest BCUT2D eigenvalue weighted by atomic mass is 10.1. The van der Waals surface area contributed by atoms with E-state index in [-0.39, 0.29) is 38.4 Å². The van der Waals surface area contributed by atoms with Gasteiger partial charge in [-0.05, 0) is 30.3 Å². The number of halogens is 3. The standard InChI is InChI=1S/C19H14Cl2FN3O3/c1-27-18-12(20)8-7-11(16(18)22)14-9-13(23)15(21)17(24-14)19(26)25-28-10-5-3-2-4-6-10/h2-9H,1H3,(H2,23,24)(H,25,26). The molecule has 0 fully saturated rings. The number of hydroxylamine groups is 1. The molecule has 0 unspecified atom stereocenters. The van der Waals surface area contributed by atoms with Gasteiger partial charge in [0.15, 0.2) is 23.0 Å². The van der Waals surface area contributed by atoms with Crippen LogP contribution in [0.25, 0.3) is 11.3 Å². The Bertz CT molecular complexity index is 1030. The molecule has 6 nitrogen and oxygen atoms in total. The molecule has 0 bridgehead atoms. The van der Waals surface area contributed by atoms with Gasteiger partial charge in [-0.3, -0.25) is 4.79 Å². The molecule has 1 heterocycles. The van der Waals surface area contributed by atoms with Gasteiger partial charge in [0.25, 0.3) is 0 Å². The first-order valence-electron chi connectivity index (χ1n) is 7.93. The predicted octanol–water partition coefficient (Wildman–Crippen LogP) is 4.51. The number of aromatic nitrogens is 1. The summed E-state index contributed by atoms with van der Waals surface area (Å²) in [6.45, 7) is 0. The summed E-state index contributed by atoms with van der Waals surface area (Å²) in [5, 5.41) is 0.0131. The predicted molar refractivity (Wildman–Crippen MR) is 105 cm³/mol. The van der Waals surface area contributed by atoms with Crippen molar-refractivity contribution in [3.63, 3.8) is 0 Å². The molecule has 0 atom stereocenters. The maximum atomic E-state index is 14.7. The summed E-state index contributed by atoms with van der Waals surface area (Å²) in [5.41, 5.74) is 8.06. The highest BCUT2D eigenvalue weighted by molar-refractivity contribution is 6.36. The molecule has 0 aliphatic rings. The highest BCUT2D eigenvalue weighted by Crippen LogP contribution is 2.36. The van der Waals surface area contributed by atoms with Crippen molar-refractivity contribution in [3.8, 4) is 22.8 Å². The van der Waals surface area contributed by atoms with E-state index in [9.17, 15) is 9.18 Å². The van der Waals surface area contributed by atoms with Gasteiger partial charge in [0.2, 0.25) is 0 Å². The number of nitrogens with zero attached hydrogens (tertiary/aromatic N) is 1. The Morgan fingerprint density at radius 2 is 1.89 bits per heavy atom. The Kier molecular flexibility index (Phi) is 5.87. The van der Waals surface area contributed by atoms with Crippen molar-refractivity contribution < 1.29 is 18.8 Å². The number of rotatable bonds is 5. The molecule has 0 aliphatic heterocycles. The number of carbonyl (C=O) groups is 1. The minimum atomic E-state index is -0.747. The van der Waals surface area contributed by atoms with Crippen molar-refractivity contribution in [2.45, 2.75) is 0 Å². The summed E-state index contributed by atoms with van der Waals surface area (Å²) in [7, 11) is 1.29. The van der Waals surface area contributed by atoms with Crippen molar-refractivity contribution in [2.24, 2.45) is 0 Å². The molecule has 9 heteroatoms. The smallest absolute Gasteiger partial charge is 0.304 e. The Labute approximate surface area is 169 Å². The largest absolute Gasteiger partial charge is 0.492 e. The maximum absolute atomic E-state index is 14.7. The quantitative estimate of drug-likeness (QED) is 0.591. The number of nitrogens with two attached hydrogens (primary N) is 1. The van der Waals surface area contributed by atoms with Crippen LogP contribution >= 0.6 is 23.2 Å². The molecule has 0 aliphatic carbocycles. The van der Waals surface area contributed by atoms with Gasteiger partial charge >= 0.3 is 5.91 Å². The second kappa shape index (κ2) is 8.33. The summed E-state index contributed by atoms with van der Waals surface area (Å²) in [4.78, 5) is 21.8. The van der Waals surface area contributed by atoms with E-state index < -0.39 is 11.7 Å². The molecule has 3 rings (SSSR count). The summed E-state index contributed by atoms with van der Waals surface area (Å²) < 4.78 is 19.7. The Morgan fingerprint density at radius 3 is 2.57 bits per heavy atom. The van der Waals surface area contributed by atoms with Crippen LogP contribution in [0.3, 0.4) is 0 Å². The van der Waals surface area contributed by atoms with Crippen molar-refractivity contribution >= 4 is 34.8 Å². The van der Waals surface area contributed by atoms with Gasteiger partial charge in [0.05, 0.1) is 28.5 Å². The van der Waals surface area contributed by atoms with Gasteiger partial charge in [-0.25, -0.2) is 9.37 Å². The zero-order chi connectivity index (χ0) is 20.3. The normalized spacial score (nSPS) is 10.4. The van der Waals surface area contributed by atoms with Crippen LogP contribution in [-0.2, 0) is 0 Å². The van der Waals surface area contributed by atoms with Gasteiger partial charge in [0.1, 0.15) is 0 Å². The number of amides is 1. The second-order valence-electron chi connectivity index (χ2n) is 5.55. The van der Waals surface area contributed by atoms with Crippen LogP contribution in [0.4, 0.5) is 10.1 Å². The number of hydrogen-bond donors (Lipinski definition) is 2. The van der Waals surface area contributed by atoms with Crippen LogP contribution in [0.5, 0.6) is 11.5 Å². The van der Waals surface area contributed by atoms with Gasteiger partial charge in [-0.15, -0.1) is 0 Å².